The van der Waals surface area contributed by atoms with Gasteiger partial charge in [-0.2, -0.15) is 0 Å². The molecule has 0 bridgehead atoms. The molecule has 2 amide bonds. The third kappa shape index (κ3) is 2.50. The molecule has 1 heterocycles. The van der Waals surface area contributed by atoms with Crippen LogP contribution >= 0.6 is 11.6 Å². The lowest BCUT2D eigenvalue weighted by Gasteiger charge is -2.43. The molecule has 1 atom stereocenters. The zero-order valence-electron chi connectivity index (χ0n) is 11.4. The van der Waals surface area contributed by atoms with E-state index in [1.165, 1.54) is 23.1 Å². The van der Waals surface area contributed by atoms with Gasteiger partial charge < -0.3 is 10.2 Å². The minimum Gasteiger partial charge on any atom is -0.345 e. The number of piperazine rings is 1. The Morgan fingerprint density at radius 3 is 2.75 bits per heavy atom. The van der Waals surface area contributed by atoms with Crippen LogP contribution in [-0.4, -0.2) is 28.8 Å². The number of hydrogen-bond donors (Lipinski definition) is 1. The number of rotatable bonds is 3. The Balaban J connectivity index is 2.33. The molecular formula is C14H16ClFN2O2. The topological polar surface area (TPSA) is 49.4 Å². The first kappa shape index (κ1) is 14.8. The van der Waals surface area contributed by atoms with E-state index in [0.29, 0.717) is 12.0 Å². The van der Waals surface area contributed by atoms with Crippen molar-refractivity contribution in [1.29, 1.82) is 0 Å². The van der Waals surface area contributed by atoms with Crippen LogP contribution in [0.2, 0.25) is 5.02 Å². The molecule has 2 rings (SSSR count). The van der Waals surface area contributed by atoms with Crippen molar-refractivity contribution >= 4 is 23.4 Å². The fourth-order valence-electron chi connectivity index (χ4n) is 2.27. The van der Waals surface area contributed by atoms with Gasteiger partial charge in [-0.3, -0.25) is 9.59 Å². The summed E-state index contributed by atoms with van der Waals surface area (Å²) in [5.41, 5.74) is -0.289. The normalized spacial score (nSPS) is 22.9. The van der Waals surface area contributed by atoms with Crippen molar-refractivity contribution < 1.29 is 14.0 Å². The molecule has 1 fully saturated rings. The van der Waals surface area contributed by atoms with Crippen LogP contribution in [0.4, 0.5) is 4.39 Å². The summed E-state index contributed by atoms with van der Waals surface area (Å²) in [6.07, 6.45) is 0.489. The van der Waals surface area contributed by atoms with Crippen LogP contribution in [0, 0.1) is 5.82 Å². The summed E-state index contributed by atoms with van der Waals surface area (Å²) in [6, 6.07) is 4.03. The lowest BCUT2D eigenvalue weighted by Crippen LogP contribution is -2.65. The predicted molar refractivity (Wildman–Crippen MR) is 73.7 cm³/mol. The molecule has 0 saturated carbocycles. The Morgan fingerprint density at radius 1 is 1.45 bits per heavy atom. The zero-order valence-corrected chi connectivity index (χ0v) is 12.1. The van der Waals surface area contributed by atoms with Gasteiger partial charge in [0.15, 0.2) is 0 Å². The van der Waals surface area contributed by atoms with Gasteiger partial charge in [-0.15, -0.1) is 0 Å². The van der Waals surface area contributed by atoms with Crippen molar-refractivity contribution in [2.45, 2.75) is 32.4 Å². The van der Waals surface area contributed by atoms with Gasteiger partial charge >= 0.3 is 0 Å². The van der Waals surface area contributed by atoms with E-state index in [-0.39, 0.29) is 29.9 Å². The first-order valence-corrected chi connectivity index (χ1v) is 6.79. The van der Waals surface area contributed by atoms with Crippen LogP contribution in [0.25, 0.3) is 0 Å². The van der Waals surface area contributed by atoms with Crippen molar-refractivity contribution in [2.24, 2.45) is 0 Å². The summed E-state index contributed by atoms with van der Waals surface area (Å²) in [4.78, 5) is 25.6. The molecule has 1 aromatic carbocycles. The zero-order chi connectivity index (χ0) is 14.9. The number of nitrogens with zero attached hydrogens (tertiary/aromatic N) is 1. The third-order valence-corrected chi connectivity index (χ3v) is 4.17. The molecule has 1 saturated heterocycles. The first-order chi connectivity index (χ1) is 9.38. The maximum atomic E-state index is 13.1. The van der Waals surface area contributed by atoms with Gasteiger partial charge in [0, 0.05) is 11.6 Å². The molecule has 108 valence electrons. The fraction of sp³-hybridized carbons (Fsp3) is 0.429. The van der Waals surface area contributed by atoms with Crippen LogP contribution in [0.5, 0.6) is 0 Å². The molecule has 4 nitrogen and oxygen atoms in total. The van der Waals surface area contributed by atoms with Gasteiger partial charge in [0.05, 0.1) is 6.54 Å². The van der Waals surface area contributed by atoms with E-state index < -0.39 is 11.4 Å². The summed E-state index contributed by atoms with van der Waals surface area (Å²) >= 11 is 5.99. The van der Waals surface area contributed by atoms with E-state index in [0.717, 1.165) is 0 Å². The van der Waals surface area contributed by atoms with Crippen LogP contribution in [-0.2, 0) is 16.1 Å². The minimum absolute atomic E-state index is 0.0206. The Morgan fingerprint density at radius 2 is 2.15 bits per heavy atom. The van der Waals surface area contributed by atoms with Crippen molar-refractivity contribution in [3.63, 3.8) is 0 Å². The van der Waals surface area contributed by atoms with Crippen molar-refractivity contribution in [1.82, 2.24) is 10.2 Å². The second kappa shape index (κ2) is 5.40. The number of amides is 2. The van der Waals surface area contributed by atoms with Gasteiger partial charge in [-0.05, 0) is 31.0 Å². The number of benzene rings is 1. The lowest BCUT2D eigenvalue weighted by atomic mass is 9.92. The molecule has 1 aromatic rings. The highest BCUT2D eigenvalue weighted by molar-refractivity contribution is 6.31. The Bertz CT molecular complexity index is 564. The number of hydrogen-bond acceptors (Lipinski definition) is 2. The third-order valence-electron chi connectivity index (χ3n) is 3.82. The molecule has 1 unspecified atom stereocenters. The molecule has 0 spiro atoms. The van der Waals surface area contributed by atoms with E-state index in [1.54, 1.807) is 6.92 Å². The first-order valence-electron chi connectivity index (χ1n) is 6.41. The van der Waals surface area contributed by atoms with E-state index in [1.807, 2.05) is 6.92 Å². The quantitative estimate of drug-likeness (QED) is 0.929. The van der Waals surface area contributed by atoms with Gasteiger partial charge in [0.2, 0.25) is 11.8 Å². The number of carbonyl (C=O) groups is 2. The number of halogens is 2. The van der Waals surface area contributed by atoms with Gasteiger partial charge in [0.1, 0.15) is 11.4 Å². The summed E-state index contributed by atoms with van der Waals surface area (Å²) in [6.45, 7) is 3.73. The molecule has 0 aliphatic carbocycles. The van der Waals surface area contributed by atoms with Crippen molar-refractivity contribution in [2.75, 3.05) is 6.54 Å². The summed E-state index contributed by atoms with van der Waals surface area (Å²) < 4.78 is 13.1. The standard InChI is InChI=1S/C14H16ClFN2O2/c1-3-14(2)13(20)17-7-12(19)18(14)8-9-4-5-10(16)6-11(9)15/h4-6H,3,7-8H2,1-2H3,(H,17,20). The average Bonchev–Trinajstić information content (AvgIpc) is 2.41. The van der Waals surface area contributed by atoms with Gasteiger partial charge in [0.25, 0.3) is 0 Å². The minimum atomic E-state index is -0.910. The van der Waals surface area contributed by atoms with E-state index >= 15 is 0 Å². The maximum Gasteiger partial charge on any atom is 0.246 e. The monoisotopic (exact) mass is 298 g/mol. The molecular weight excluding hydrogens is 283 g/mol. The average molecular weight is 299 g/mol. The molecule has 0 aromatic heterocycles. The van der Waals surface area contributed by atoms with Crippen LogP contribution in [0.15, 0.2) is 18.2 Å². The largest absolute Gasteiger partial charge is 0.345 e. The second-order valence-corrected chi connectivity index (χ2v) is 5.43. The fourth-order valence-corrected chi connectivity index (χ4v) is 2.50. The highest BCUT2D eigenvalue weighted by Crippen LogP contribution is 2.27. The van der Waals surface area contributed by atoms with Crippen LogP contribution < -0.4 is 5.32 Å². The molecule has 1 N–H and O–H groups in total. The smallest absolute Gasteiger partial charge is 0.246 e. The van der Waals surface area contributed by atoms with Gasteiger partial charge in [-0.1, -0.05) is 24.6 Å². The Kier molecular flexibility index (Phi) is 3.99. The summed E-state index contributed by atoms with van der Waals surface area (Å²) in [5.74, 6) is -0.785. The van der Waals surface area contributed by atoms with E-state index in [4.69, 9.17) is 11.6 Å². The maximum absolute atomic E-state index is 13.1. The Hall–Kier alpha value is -1.62. The molecule has 6 heteroatoms. The predicted octanol–water partition coefficient (Wildman–Crippen LogP) is 2.11. The van der Waals surface area contributed by atoms with Crippen molar-refractivity contribution in [3.05, 3.63) is 34.6 Å². The SMILES string of the molecule is CCC1(C)C(=O)NCC(=O)N1Cc1ccc(F)cc1Cl. The Labute approximate surface area is 121 Å². The number of nitrogens with one attached hydrogen (secondary N) is 1. The second-order valence-electron chi connectivity index (χ2n) is 5.03. The highest BCUT2D eigenvalue weighted by Gasteiger charge is 2.44. The van der Waals surface area contributed by atoms with E-state index in [2.05, 4.69) is 5.32 Å². The molecule has 1 aliphatic rings. The summed E-state index contributed by atoms with van der Waals surface area (Å²) in [5, 5.41) is 2.84. The highest BCUT2D eigenvalue weighted by atomic mass is 35.5. The molecule has 1 aliphatic heterocycles. The lowest BCUT2D eigenvalue weighted by molar-refractivity contribution is -0.153. The van der Waals surface area contributed by atoms with Crippen LogP contribution in [0.1, 0.15) is 25.8 Å². The number of carbonyl (C=O) groups excluding carboxylic acids is 2. The van der Waals surface area contributed by atoms with Crippen molar-refractivity contribution in [3.8, 4) is 0 Å². The summed E-state index contributed by atoms with van der Waals surface area (Å²) in [7, 11) is 0. The molecule has 20 heavy (non-hydrogen) atoms. The molecule has 0 radical (unpaired) electrons. The van der Waals surface area contributed by atoms with Crippen LogP contribution in [0.3, 0.4) is 0 Å². The van der Waals surface area contributed by atoms with Gasteiger partial charge in [-0.25, -0.2) is 4.39 Å². The van der Waals surface area contributed by atoms with E-state index in [9.17, 15) is 14.0 Å².